The van der Waals surface area contributed by atoms with E-state index in [4.69, 9.17) is 28.6 Å². The molecule has 3 heterocycles. The Labute approximate surface area is 232 Å². The number of benzene rings is 2. The maximum absolute atomic E-state index is 12.1. The number of aryl methyl sites for hydroxylation is 2. The molecule has 1 fully saturated rings. The highest BCUT2D eigenvalue weighted by Crippen LogP contribution is 2.43. The third-order valence-electron chi connectivity index (χ3n) is 6.64. The molecule has 7 nitrogen and oxygen atoms in total. The number of carbonyl (C=O) groups excluding carboxylic acids is 1. The van der Waals surface area contributed by atoms with Crippen LogP contribution in [-0.4, -0.2) is 34.3 Å². The highest BCUT2D eigenvalue weighted by atomic mass is 35.5. The third kappa shape index (κ3) is 5.03. The van der Waals surface area contributed by atoms with Gasteiger partial charge in [0.2, 0.25) is 5.91 Å². The van der Waals surface area contributed by atoms with Crippen LogP contribution in [0.15, 0.2) is 79.1 Å². The molecule has 1 saturated heterocycles. The number of nitrogens with one attached hydrogen (secondary N) is 2. The van der Waals surface area contributed by atoms with Gasteiger partial charge in [0, 0.05) is 47.3 Å². The average Bonchev–Trinajstić information content (AvgIpc) is 3.52. The van der Waals surface area contributed by atoms with Crippen LogP contribution in [0.5, 0.6) is 0 Å². The lowest BCUT2D eigenvalue weighted by Crippen LogP contribution is -2.30. The van der Waals surface area contributed by atoms with Crippen LogP contribution in [0.25, 0.3) is 5.69 Å². The molecule has 1 aliphatic rings. The highest BCUT2D eigenvalue weighted by Gasteiger charge is 2.42. The fourth-order valence-corrected chi connectivity index (χ4v) is 5.30. The summed E-state index contributed by atoms with van der Waals surface area (Å²) in [6, 6.07) is 21.6. The van der Waals surface area contributed by atoms with Crippen molar-refractivity contribution in [3.05, 3.63) is 107 Å². The summed E-state index contributed by atoms with van der Waals surface area (Å²) in [6.45, 7) is 3.96. The van der Waals surface area contributed by atoms with Crippen molar-refractivity contribution in [2.75, 3.05) is 23.9 Å². The Morgan fingerprint density at radius 1 is 1.08 bits per heavy atom. The van der Waals surface area contributed by atoms with E-state index >= 15 is 0 Å². The van der Waals surface area contributed by atoms with Crippen molar-refractivity contribution in [1.82, 2.24) is 14.9 Å². The zero-order valence-electron chi connectivity index (χ0n) is 21.3. The maximum atomic E-state index is 12.1. The van der Waals surface area contributed by atoms with Crippen LogP contribution in [-0.2, 0) is 9.53 Å². The fourth-order valence-electron chi connectivity index (χ4n) is 4.84. The van der Waals surface area contributed by atoms with Crippen molar-refractivity contribution in [2.24, 2.45) is 0 Å². The van der Waals surface area contributed by atoms with E-state index in [1.807, 2.05) is 74.6 Å². The molecule has 194 valence electrons. The number of thiocarbonyl (C=S) groups is 1. The molecule has 0 unspecified atom stereocenters. The number of carbonyl (C=O) groups is 1. The molecule has 2 aromatic carbocycles. The van der Waals surface area contributed by atoms with E-state index < -0.39 is 0 Å². The number of rotatable bonds is 7. The largest absolute Gasteiger partial charge is 0.375 e. The molecule has 0 spiro atoms. The van der Waals surface area contributed by atoms with Gasteiger partial charge in [-0.05, 0) is 97.9 Å². The van der Waals surface area contributed by atoms with Crippen LogP contribution in [0.4, 0.5) is 11.4 Å². The number of amides is 1. The highest BCUT2D eigenvalue weighted by molar-refractivity contribution is 7.80. The molecule has 2 N–H and O–H groups in total. The van der Waals surface area contributed by atoms with Gasteiger partial charge in [-0.1, -0.05) is 17.7 Å². The van der Waals surface area contributed by atoms with Crippen molar-refractivity contribution < 1.29 is 9.53 Å². The van der Waals surface area contributed by atoms with E-state index in [-0.39, 0.29) is 24.6 Å². The van der Waals surface area contributed by atoms with Crippen molar-refractivity contribution in [1.29, 1.82) is 0 Å². The molecule has 1 aliphatic heterocycles. The molecule has 38 heavy (non-hydrogen) atoms. The number of hydrogen-bond donors (Lipinski definition) is 2. The molecule has 1 amide bonds. The summed E-state index contributed by atoms with van der Waals surface area (Å²) in [5, 5.41) is 7.74. The summed E-state index contributed by atoms with van der Waals surface area (Å²) in [7, 11) is 1.50. The van der Waals surface area contributed by atoms with Gasteiger partial charge in [-0.25, -0.2) is 0 Å². The van der Waals surface area contributed by atoms with E-state index in [1.165, 1.54) is 7.11 Å². The zero-order valence-corrected chi connectivity index (χ0v) is 22.9. The van der Waals surface area contributed by atoms with E-state index in [0.29, 0.717) is 5.11 Å². The predicted octanol–water partition coefficient (Wildman–Crippen LogP) is 5.90. The first-order chi connectivity index (χ1) is 18.4. The summed E-state index contributed by atoms with van der Waals surface area (Å²) in [5.41, 5.74) is 6.51. The topological polar surface area (TPSA) is 71.4 Å². The molecule has 0 saturated carbocycles. The van der Waals surface area contributed by atoms with Gasteiger partial charge in [0.25, 0.3) is 0 Å². The number of anilines is 2. The van der Waals surface area contributed by atoms with Crippen molar-refractivity contribution in [2.45, 2.75) is 25.9 Å². The van der Waals surface area contributed by atoms with Crippen molar-refractivity contribution in [3.63, 3.8) is 0 Å². The van der Waals surface area contributed by atoms with Crippen LogP contribution < -0.4 is 15.5 Å². The summed E-state index contributed by atoms with van der Waals surface area (Å²) in [6.07, 6.45) is 3.84. The summed E-state index contributed by atoms with van der Waals surface area (Å²) in [5.74, 6) is -0.203. The minimum Gasteiger partial charge on any atom is -0.375 e. The SMILES string of the molecule is COCC(=O)Nc1ccc(N2C(=S)N[C@@H](c3ccccn3)[C@@H]2c2cccn2-c2ccc(Cl)c(C)c2)cc1C. The quantitative estimate of drug-likeness (QED) is 0.282. The number of pyridine rings is 1. The fraction of sp³-hybridized carbons (Fsp3) is 0.207. The Bertz CT molecular complexity index is 1490. The molecule has 0 aliphatic carbocycles. The predicted molar refractivity (Wildman–Crippen MR) is 155 cm³/mol. The van der Waals surface area contributed by atoms with E-state index in [1.54, 1.807) is 6.20 Å². The second-order valence-electron chi connectivity index (χ2n) is 9.21. The van der Waals surface area contributed by atoms with Crippen LogP contribution in [0.2, 0.25) is 5.02 Å². The van der Waals surface area contributed by atoms with Gasteiger partial charge < -0.3 is 24.8 Å². The van der Waals surface area contributed by atoms with Gasteiger partial charge in [0.15, 0.2) is 5.11 Å². The lowest BCUT2D eigenvalue weighted by Gasteiger charge is -2.29. The van der Waals surface area contributed by atoms with Gasteiger partial charge in [0.05, 0.1) is 11.7 Å². The molecule has 0 bridgehead atoms. The van der Waals surface area contributed by atoms with Gasteiger partial charge in [-0.15, -0.1) is 0 Å². The molecule has 0 radical (unpaired) electrons. The first-order valence-electron chi connectivity index (χ1n) is 12.2. The van der Waals surface area contributed by atoms with E-state index in [9.17, 15) is 4.79 Å². The van der Waals surface area contributed by atoms with Crippen molar-refractivity contribution >= 4 is 46.2 Å². The molecule has 9 heteroatoms. The molecule has 2 aromatic heterocycles. The van der Waals surface area contributed by atoms with E-state index in [0.717, 1.165) is 44.6 Å². The number of hydrogen-bond acceptors (Lipinski definition) is 4. The number of nitrogens with zero attached hydrogens (tertiary/aromatic N) is 3. The van der Waals surface area contributed by atoms with Gasteiger partial charge in [0.1, 0.15) is 12.6 Å². The molecular weight excluding hydrogens is 518 g/mol. The lowest BCUT2D eigenvalue weighted by molar-refractivity contribution is -0.119. The van der Waals surface area contributed by atoms with Gasteiger partial charge in [-0.2, -0.15) is 0 Å². The van der Waals surface area contributed by atoms with E-state index in [2.05, 4.69) is 37.2 Å². The molecule has 4 aromatic rings. The van der Waals surface area contributed by atoms with Crippen LogP contribution in [0.3, 0.4) is 0 Å². The van der Waals surface area contributed by atoms with Crippen LogP contribution in [0.1, 0.15) is 34.6 Å². The summed E-state index contributed by atoms with van der Waals surface area (Å²) < 4.78 is 7.11. The Balaban J connectivity index is 1.59. The number of methoxy groups -OCH3 is 1. The Morgan fingerprint density at radius 3 is 2.58 bits per heavy atom. The standard InChI is InChI=1S/C29H28ClN5O2S/c1-18-15-20(9-11-22(18)30)34-14-6-8-25(34)28-27(24-7-4-5-13-31-24)33-29(38)35(28)21-10-12-23(19(2)16-21)32-26(36)17-37-3/h4-16,27-28H,17H2,1-3H3,(H,32,36)(H,33,38)/t27-,28-/m0/s1. The van der Waals surface area contributed by atoms with Crippen LogP contribution in [0, 0.1) is 13.8 Å². The monoisotopic (exact) mass is 545 g/mol. The maximum Gasteiger partial charge on any atom is 0.250 e. The van der Waals surface area contributed by atoms with Crippen LogP contribution >= 0.6 is 23.8 Å². The molecule has 5 rings (SSSR count). The van der Waals surface area contributed by atoms with Crippen molar-refractivity contribution in [3.8, 4) is 5.69 Å². The third-order valence-corrected chi connectivity index (χ3v) is 7.38. The number of aromatic nitrogens is 2. The minimum atomic E-state index is -0.203. The Hall–Kier alpha value is -3.72. The zero-order chi connectivity index (χ0) is 26.8. The first kappa shape index (κ1) is 25.9. The smallest absolute Gasteiger partial charge is 0.250 e. The average molecular weight is 546 g/mol. The Morgan fingerprint density at radius 2 is 1.87 bits per heavy atom. The first-order valence-corrected chi connectivity index (χ1v) is 13.0. The molecule has 2 atom stereocenters. The second-order valence-corrected chi connectivity index (χ2v) is 10.0. The minimum absolute atomic E-state index is 0.00366. The second kappa shape index (κ2) is 10.9. The Kier molecular flexibility index (Phi) is 7.46. The normalized spacial score (nSPS) is 16.9. The lowest BCUT2D eigenvalue weighted by atomic mass is 10.00. The number of ether oxygens (including phenoxy) is 1. The van der Waals surface area contributed by atoms with Gasteiger partial charge >= 0.3 is 0 Å². The van der Waals surface area contributed by atoms with Gasteiger partial charge in [-0.3, -0.25) is 9.78 Å². The summed E-state index contributed by atoms with van der Waals surface area (Å²) in [4.78, 5) is 18.9. The summed E-state index contributed by atoms with van der Waals surface area (Å²) >= 11 is 12.2. The molecular formula is C29H28ClN5O2S. The number of halogens is 1.